The van der Waals surface area contributed by atoms with Crippen LogP contribution < -0.4 is 16.4 Å². The molecule has 0 aliphatic carbocycles. The van der Waals surface area contributed by atoms with E-state index in [1.54, 1.807) is 11.8 Å². The fraction of sp³-hybridized carbons (Fsp3) is 0.643. The zero-order chi connectivity index (χ0) is 15.2. The summed E-state index contributed by atoms with van der Waals surface area (Å²) in [5, 5.41) is 7.18. The number of rotatable bonds is 6. The highest BCUT2D eigenvalue weighted by Gasteiger charge is 2.21. The summed E-state index contributed by atoms with van der Waals surface area (Å²) in [7, 11) is 0. The van der Waals surface area contributed by atoms with Crippen LogP contribution in [0.25, 0.3) is 0 Å². The van der Waals surface area contributed by atoms with E-state index in [1.165, 1.54) is 17.8 Å². The van der Waals surface area contributed by atoms with Crippen molar-refractivity contribution >= 4 is 39.7 Å². The Hall–Kier alpha value is -0.920. The predicted molar refractivity (Wildman–Crippen MR) is 90.6 cm³/mol. The molecule has 2 heterocycles. The normalized spacial score (nSPS) is 18.5. The Kier molecular flexibility index (Phi) is 6.20. The van der Waals surface area contributed by atoms with Gasteiger partial charge in [-0.1, -0.05) is 0 Å². The van der Waals surface area contributed by atoms with Crippen LogP contribution in [0.2, 0.25) is 0 Å². The molecule has 21 heavy (non-hydrogen) atoms. The number of anilines is 2. The molecule has 1 aromatic rings. The fourth-order valence-corrected chi connectivity index (χ4v) is 4.29. The van der Waals surface area contributed by atoms with Crippen LogP contribution >= 0.6 is 23.1 Å². The van der Waals surface area contributed by atoms with Crippen molar-refractivity contribution in [3.63, 3.8) is 0 Å². The number of nitrogens with one attached hydrogen (secondary N) is 2. The number of ether oxygens (including phenoxy) is 1. The average Bonchev–Trinajstić information content (AvgIpc) is 2.82. The van der Waals surface area contributed by atoms with Gasteiger partial charge in [-0.3, -0.25) is 4.79 Å². The number of nitrogen functional groups attached to an aromatic ring is 1. The van der Waals surface area contributed by atoms with Crippen LogP contribution in [0.4, 0.5) is 10.7 Å². The van der Waals surface area contributed by atoms with E-state index in [4.69, 9.17) is 10.5 Å². The summed E-state index contributed by atoms with van der Waals surface area (Å²) in [6.45, 7) is 4.11. The highest BCUT2D eigenvalue weighted by molar-refractivity contribution is 7.99. The van der Waals surface area contributed by atoms with Gasteiger partial charge in [0.05, 0.1) is 16.7 Å². The second-order valence-corrected chi connectivity index (χ2v) is 6.77. The molecule has 1 fully saturated rings. The molecule has 0 spiro atoms. The van der Waals surface area contributed by atoms with Crippen molar-refractivity contribution in [2.24, 2.45) is 0 Å². The van der Waals surface area contributed by atoms with E-state index in [0.29, 0.717) is 17.1 Å². The van der Waals surface area contributed by atoms with Gasteiger partial charge in [-0.15, -0.1) is 23.1 Å². The zero-order valence-corrected chi connectivity index (χ0v) is 14.2. The molecule has 1 saturated heterocycles. The Balaban J connectivity index is 2.07. The van der Waals surface area contributed by atoms with Gasteiger partial charge in [0.15, 0.2) is 0 Å². The molecule has 1 aliphatic rings. The van der Waals surface area contributed by atoms with Crippen LogP contribution in [0.5, 0.6) is 0 Å². The summed E-state index contributed by atoms with van der Waals surface area (Å²) in [5.41, 5.74) is 6.69. The van der Waals surface area contributed by atoms with Gasteiger partial charge >= 0.3 is 0 Å². The SMILES string of the molecule is CCNC(=O)c1sc(NCC2CCCCO2)c(SC)c1N. The van der Waals surface area contributed by atoms with Gasteiger partial charge in [0.2, 0.25) is 0 Å². The van der Waals surface area contributed by atoms with Crippen LogP contribution in [-0.2, 0) is 4.74 Å². The molecule has 1 aromatic heterocycles. The number of carbonyl (C=O) groups is 1. The molecule has 0 aromatic carbocycles. The smallest absolute Gasteiger partial charge is 0.263 e. The van der Waals surface area contributed by atoms with E-state index in [1.807, 2.05) is 13.2 Å². The van der Waals surface area contributed by atoms with Gasteiger partial charge in [-0.05, 0) is 32.4 Å². The lowest BCUT2D eigenvalue weighted by Gasteiger charge is -2.23. The quantitative estimate of drug-likeness (QED) is 0.700. The summed E-state index contributed by atoms with van der Waals surface area (Å²) >= 11 is 2.99. The third kappa shape index (κ3) is 4.05. The van der Waals surface area contributed by atoms with Crippen molar-refractivity contribution < 1.29 is 9.53 Å². The van der Waals surface area contributed by atoms with Crippen molar-refractivity contribution in [3.05, 3.63) is 4.88 Å². The molecule has 2 rings (SSSR count). The van der Waals surface area contributed by atoms with Gasteiger partial charge in [-0.2, -0.15) is 0 Å². The van der Waals surface area contributed by atoms with E-state index >= 15 is 0 Å². The van der Waals surface area contributed by atoms with E-state index in [0.717, 1.165) is 35.9 Å². The Morgan fingerprint density at radius 3 is 2.95 bits per heavy atom. The highest BCUT2D eigenvalue weighted by atomic mass is 32.2. The Morgan fingerprint density at radius 1 is 1.52 bits per heavy atom. The molecule has 0 radical (unpaired) electrons. The van der Waals surface area contributed by atoms with Crippen LogP contribution in [0.1, 0.15) is 35.9 Å². The first-order chi connectivity index (χ1) is 10.2. The lowest BCUT2D eigenvalue weighted by molar-refractivity contribution is 0.0248. The van der Waals surface area contributed by atoms with E-state index in [-0.39, 0.29) is 12.0 Å². The van der Waals surface area contributed by atoms with Gasteiger partial charge in [-0.25, -0.2) is 0 Å². The molecule has 118 valence electrons. The third-order valence-electron chi connectivity index (χ3n) is 3.41. The largest absolute Gasteiger partial charge is 0.396 e. The van der Waals surface area contributed by atoms with Crippen molar-refractivity contribution in [1.29, 1.82) is 0 Å². The number of nitrogens with two attached hydrogens (primary N) is 1. The molecule has 1 aliphatic heterocycles. The number of thiophene rings is 1. The second-order valence-electron chi connectivity index (χ2n) is 4.94. The minimum Gasteiger partial charge on any atom is -0.396 e. The van der Waals surface area contributed by atoms with Crippen LogP contribution in [0.3, 0.4) is 0 Å². The van der Waals surface area contributed by atoms with Crippen LogP contribution in [-0.4, -0.2) is 38.0 Å². The molecule has 1 unspecified atom stereocenters. The summed E-state index contributed by atoms with van der Waals surface area (Å²) < 4.78 is 5.72. The van der Waals surface area contributed by atoms with E-state index in [9.17, 15) is 4.79 Å². The van der Waals surface area contributed by atoms with Gasteiger partial charge in [0.25, 0.3) is 5.91 Å². The maximum absolute atomic E-state index is 12.0. The van der Waals surface area contributed by atoms with Crippen LogP contribution in [0.15, 0.2) is 4.90 Å². The second kappa shape index (κ2) is 7.91. The summed E-state index contributed by atoms with van der Waals surface area (Å²) in [4.78, 5) is 13.6. The van der Waals surface area contributed by atoms with E-state index in [2.05, 4.69) is 10.6 Å². The number of carbonyl (C=O) groups excluding carboxylic acids is 1. The molecule has 7 heteroatoms. The third-order valence-corrected chi connectivity index (χ3v) is 5.54. The molecular formula is C14H23N3O2S2. The summed E-state index contributed by atoms with van der Waals surface area (Å²) in [6.07, 6.45) is 5.69. The van der Waals surface area contributed by atoms with Gasteiger partial charge in [0.1, 0.15) is 9.88 Å². The van der Waals surface area contributed by atoms with Crippen molar-refractivity contribution in [2.75, 3.05) is 37.0 Å². The molecule has 5 nitrogen and oxygen atoms in total. The van der Waals surface area contributed by atoms with Gasteiger partial charge < -0.3 is 21.1 Å². The van der Waals surface area contributed by atoms with E-state index < -0.39 is 0 Å². The monoisotopic (exact) mass is 329 g/mol. The summed E-state index contributed by atoms with van der Waals surface area (Å²) in [5.74, 6) is -0.0998. The molecule has 0 bridgehead atoms. The topological polar surface area (TPSA) is 76.4 Å². The maximum Gasteiger partial charge on any atom is 0.263 e. The first-order valence-electron chi connectivity index (χ1n) is 7.27. The number of amides is 1. The molecule has 1 amide bonds. The first kappa shape index (κ1) is 16.5. The number of hydrogen-bond acceptors (Lipinski definition) is 6. The standard InChI is InChI=1S/C14H23N3O2S2/c1-3-16-13(18)11-10(15)12(20-2)14(21-11)17-8-9-6-4-5-7-19-9/h9,17H,3-8,15H2,1-2H3,(H,16,18). The fourth-order valence-electron chi connectivity index (χ4n) is 2.33. The lowest BCUT2D eigenvalue weighted by atomic mass is 10.1. The zero-order valence-electron chi connectivity index (χ0n) is 12.5. The minimum absolute atomic E-state index is 0.0998. The number of thioether (sulfide) groups is 1. The Bertz CT molecular complexity index is 485. The molecule has 0 saturated carbocycles. The van der Waals surface area contributed by atoms with Crippen molar-refractivity contribution in [2.45, 2.75) is 37.2 Å². The Labute approximate surface area is 134 Å². The van der Waals surface area contributed by atoms with Gasteiger partial charge in [0, 0.05) is 19.7 Å². The minimum atomic E-state index is -0.0998. The lowest BCUT2D eigenvalue weighted by Crippen LogP contribution is -2.26. The number of hydrogen-bond donors (Lipinski definition) is 3. The molecule has 4 N–H and O–H groups in total. The highest BCUT2D eigenvalue weighted by Crippen LogP contribution is 2.41. The summed E-state index contributed by atoms with van der Waals surface area (Å²) in [6, 6.07) is 0. The van der Waals surface area contributed by atoms with Crippen molar-refractivity contribution in [3.8, 4) is 0 Å². The predicted octanol–water partition coefficient (Wildman–Crippen LogP) is 2.78. The Morgan fingerprint density at radius 2 is 2.33 bits per heavy atom. The molecular weight excluding hydrogens is 306 g/mol. The maximum atomic E-state index is 12.0. The first-order valence-corrected chi connectivity index (χ1v) is 9.31. The average molecular weight is 329 g/mol. The van der Waals surface area contributed by atoms with Crippen molar-refractivity contribution in [1.82, 2.24) is 5.32 Å². The molecule has 1 atom stereocenters. The van der Waals surface area contributed by atoms with Crippen LogP contribution in [0, 0.1) is 0 Å².